The first-order valence-corrected chi connectivity index (χ1v) is 6.93. The highest BCUT2D eigenvalue weighted by Crippen LogP contribution is 2.27. The van der Waals surface area contributed by atoms with Gasteiger partial charge >= 0.3 is 0 Å². The van der Waals surface area contributed by atoms with Crippen molar-refractivity contribution in [1.29, 1.82) is 5.26 Å². The van der Waals surface area contributed by atoms with Crippen LogP contribution in [0.4, 0.5) is 0 Å². The Morgan fingerprint density at radius 2 is 2.06 bits per heavy atom. The summed E-state index contributed by atoms with van der Waals surface area (Å²) in [5.41, 5.74) is 2.91. The molecule has 0 aliphatic rings. The van der Waals surface area contributed by atoms with E-state index in [4.69, 9.17) is 16.9 Å². The van der Waals surface area contributed by atoms with Gasteiger partial charge in [-0.15, -0.1) is 11.8 Å². The number of aryl methyl sites for hydroxylation is 1. The predicted octanol–water partition coefficient (Wildman–Crippen LogP) is 4.81. The zero-order chi connectivity index (χ0) is 13.0. The van der Waals surface area contributed by atoms with Gasteiger partial charge in [0.2, 0.25) is 0 Å². The highest BCUT2D eigenvalue weighted by molar-refractivity contribution is 7.98. The highest BCUT2D eigenvalue weighted by Gasteiger charge is 2.03. The molecule has 90 valence electrons. The summed E-state index contributed by atoms with van der Waals surface area (Å²) in [6, 6.07) is 15.9. The van der Waals surface area contributed by atoms with Crippen LogP contribution in [0, 0.1) is 18.3 Å². The van der Waals surface area contributed by atoms with E-state index in [0.29, 0.717) is 10.6 Å². The normalized spacial score (nSPS) is 10.1. The van der Waals surface area contributed by atoms with Crippen molar-refractivity contribution in [3.8, 4) is 6.07 Å². The SMILES string of the molecule is Cc1cccc(SCc2ccc(C#N)cc2Cl)c1. The third kappa shape index (κ3) is 3.29. The lowest BCUT2D eigenvalue weighted by atomic mass is 10.2. The van der Waals surface area contributed by atoms with Gasteiger partial charge in [-0.3, -0.25) is 0 Å². The average molecular weight is 274 g/mol. The first kappa shape index (κ1) is 13.0. The Labute approximate surface area is 116 Å². The molecule has 2 rings (SSSR count). The maximum Gasteiger partial charge on any atom is 0.0992 e. The van der Waals surface area contributed by atoms with Gasteiger partial charge in [0.15, 0.2) is 0 Å². The van der Waals surface area contributed by atoms with Gasteiger partial charge in [0.05, 0.1) is 11.6 Å². The van der Waals surface area contributed by atoms with Crippen LogP contribution in [0.15, 0.2) is 47.4 Å². The molecule has 0 saturated carbocycles. The number of rotatable bonds is 3. The zero-order valence-electron chi connectivity index (χ0n) is 9.98. The quantitative estimate of drug-likeness (QED) is 0.749. The van der Waals surface area contributed by atoms with Gasteiger partial charge in [-0.2, -0.15) is 5.26 Å². The van der Waals surface area contributed by atoms with Crippen LogP contribution in [0.5, 0.6) is 0 Å². The van der Waals surface area contributed by atoms with Crippen LogP contribution >= 0.6 is 23.4 Å². The van der Waals surface area contributed by atoms with Crippen LogP contribution in [0.2, 0.25) is 5.02 Å². The average Bonchev–Trinajstić information content (AvgIpc) is 2.37. The third-order valence-electron chi connectivity index (χ3n) is 2.57. The van der Waals surface area contributed by atoms with Crippen molar-refractivity contribution in [3.63, 3.8) is 0 Å². The monoisotopic (exact) mass is 273 g/mol. The summed E-state index contributed by atoms with van der Waals surface area (Å²) in [5.74, 6) is 0.813. The summed E-state index contributed by atoms with van der Waals surface area (Å²) < 4.78 is 0. The van der Waals surface area contributed by atoms with Crippen LogP contribution in [-0.4, -0.2) is 0 Å². The Bertz CT molecular complexity index is 602. The van der Waals surface area contributed by atoms with E-state index in [1.807, 2.05) is 6.07 Å². The first-order valence-electron chi connectivity index (χ1n) is 5.57. The molecule has 0 bridgehead atoms. The number of benzene rings is 2. The second-order valence-electron chi connectivity index (χ2n) is 4.02. The van der Waals surface area contributed by atoms with Crippen molar-refractivity contribution in [2.75, 3.05) is 0 Å². The fraction of sp³-hybridized carbons (Fsp3) is 0.133. The third-order valence-corrected chi connectivity index (χ3v) is 3.96. The zero-order valence-corrected chi connectivity index (χ0v) is 11.6. The van der Waals surface area contributed by atoms with Crippen LogP contribution in [-0.2, 0) is 5.75 Å². The van der Waals surface area contributed by atoms with Gasteiger partial charge in [0, 0.05) is 15.7 Å². The molecular weight excluding hydrogens is 262 g/mol. The molecule has 1 nitrogen and oxygen atoms in total. The molecule has 0 aliphatic heterocycles. The summed E-state index contributed by atoms with van der Waals surface area (Å²) in [7, 11) is 0. The Morgan fingerprint density at radius 3 is 2.72 bits per heavy atom. The Balaban J connectivity index is 2.09. The number of hydrogen-bond donors (Lipinski definition) is 0. The molecule has 3 heteroatoms. The molecule has 0 aliphatic carbocycles. The van der Waals surface area contributed by atoms with E-state index in [1.165, 1.54) is 10.5 Å². The van der Waals surface area contributed by atoms with E-state index in [0.717, 1.165) is 11.3 Å². The molecule has 0 radical (unpaired) electrons. The molecule has 0 amide bonds. The summed E-state index contributed by atoms with van der Waals surface area (Å²) in [4.78, 5) is 1.23. The molecule has 2 aromatic carbocycles. The van der Waals surface area contributed by atoms with Gasteiger partial charge in [0.1, 0.15) is 0 Å². The summed E-state index contributed by atoms with van der Waals surface area (Å²) in [6.07, 6.45) is 0. The largest absolute Gasteiger partial charge is 0.192 e. The Morgan fingerprint density at radius 1 is 1.22 bits per heavy atom. The summed E-state index contributed by atoms with van der Waals surface area (Å²) in [5, 5.41) is 9.44. The van der Waals surface area contributed by atoms with Crippen LogP contribution < -0.4 is 0 Å². The molecule has 0 N–H and O–H groups in total. The second-order valence-corrected chi connectivity index (χ2v) is 5.48. The fourth-order valence-corrected chi connectivity index (χ4v) is 2.94. The van der Waals surface area contributed by atoms with E-state index in [1.54, 1.807) is 23.9 Å². The Kier molecular flexibility index (Phi) is 4.30. The summed E-state index contributed by atoms with van der Waals surface area (Å²) in [6.45, 7) is 2.08. The molecular formula is C15H12ClNS. The lowest BCUT2D eigenvalue weighted by Gasteiger charge is -2.05. The van der Waals surface area contributed by atoms with E-state index in [-0.39, 0.29) is 0 Å². The maximum absolute atomic E-state index is 8.78. The van der Waals surface area contributed by atoms with Crippen molar-refractivity contribution in [2.24, 2.45) is 0 Å². The fourth-order valence-electron chi connectivity index (χ4n) is 1.60. The van der Waals surface area contributed by atoms with Crippen molar-refractivity contribution in [1.82, 2.24) is 0 Å². The van der Waals surface area contributed by atoms with Gasteiger partial charge in [-0.25, -0.2) is 0 Å². The number of nitrogens with zero attached hydrogens (tertiary/aromatic N) is 1. The van der Waals surface area contributed by atoms with Crippen molar-refractivity contribution in [2.45, 2.75) is 17.6 Å². The first-order chi connectivity index (χ1) is 8.69. The number of hydrogen-bond acceptors (Lipinski definition) is 2. The second kappa shape index (κ2) is 5.95. The minimum Gasteiger partial charge on any atom is -0.192 e. The molecule has 0 saturated heterocycles. The molecule has 0 spiro atoms. The summed E-state index contributed by atoms with van der Waals surface area (Å²) >= 11 is 7.89. The van der Waals surface area contributed by atoms with Crippen LogP contribution in [0.25, 0.3) is 0 Å². The smallest absolute Gasteiger partial charge is 0.0992 e. The van der Waals surface area contributed by atoms with E-state index >= 15 is 0 Å². The van der Waals surface area contributed by atoms with Crippen molar-refractivity contribution in [3.05, 3.63) is 64.2 Å². The van der Waals surface area contributed by atoms with Crippen LogP contribution in [0.1, 0.15) is 16.7 Å². The standard InChI is InChI=1S/C15H12ClNS/c1-11-3-2-4-14(7-11)18-10-13-6-5-12(9-17)8-15(13)16/h2-8H,10H2,1H3. The number of halogens is 1. The van der Waals surface area contributed by atoms with E-state index in [2.05, 4.69) is 37.3 Å². The van der Waals surface area contributed by atoms with E-state index in [9.17, 15) is 0 Å². The number of nitriles is 1. The topological polar surface area (TPSA) is 23.8 Å². The van der Waals surface area contributed by atoms with Gasteiger partial charge < -0.3 is 0 Å². The highest BCUT2D eigenvalue weighted by atomic mass is 35.5. The lowest BCUT2D eigenvalue weighted by molar-refractivity contribution is 1.33. The van der Waals surface area contributed by atoms with E-state index < -0.39 is 0 Å². The maximum atomic E-state index is 8.78. The Hall–Kier alpha value is -1.43. The number of thioether (sulfide) groups is 1. The molecule has 0 heterocycles. The molecule has 0 atom stereocenters. The van der Waals surface area contributed by atoms with Crippen molar-refractivity contribution < 1.29 is 0 Å². The predicted molar refractivity (Wildman–Crippen MR) is 76.9 cm³/mol. The van der Waals surface area contributed by atoms with Gasteiger partial charge in [-0.1, -0.05) is 35.4 Å². The molecule has 0 unspecified atom stereocenters. The van der Waals surface area contributed by atoms with Gasteiger partial charge in [-0.05, 0) is 36.8 Å². The van der Waals surface area contributed by atoms with Gasteiger partial charge in [0.25, 0.3) is 0 Å². The minimum atomic E-state index is 0.601. The van der Waals surface area contributed by atoms with Crippen LogP contribution in [0.3, 0.4) is 0 Å². The lowest BCUT2D eigenvalue weighted by Crippen LogP contribution is -1.85. The minimum absolute atomic E-state index is 0.601. The van der Waals surface area contributed by atoms with Crippen molar-refractivity contribution >= 4 is 23.4 Å². The molecule has 2 aromatic rings. The molecule has 0 fully saturated rings. The molecule has 0 aromatic heterocycles. The molecule has 18 heavy (non-hydrogen) atoms.